The third-order valence-electron chi connectivity index (χ3n) is 5.00. The van der Waals surface area contributed by atoms with E-state index in [1.54, 1.807) is 34.7 Å². The van der Waals surface area contributed by atoms with Gasteiger partial charge in [0.05, 0.1) is 34.4 Å². The molecule has 0 atom stereocenters. The molecule has 0 unspecified atom stereocenters. The van der Waals surface area contributed by atoms with Crippen molar-refractivity contribution in [2.75, 3.05) is 6.54 Å². The average Bonchev–Trinajstić information content (AvgIpc) is 3.54. The third kappa shape index (κ3) is 4.72. The highest BCUT2D eigenvalue weighted by Gasteiger charge is 2.20. The van der Waals surface area contributed by atoms with Crippen LogP contribution in [-0.2, 0) is 13.0 Å². The van der Waals surface area contributed by atoms with E-state index in [0.717, 1.165) is 41.1 Å². The smallest absolute Gasteiger partial charge is 0.254 e. The van der Waals surface area contributed by atoms with Crippen LogP contribution < -0.4 is 5.32 Å². The number of carbonyl (C=O) groups excluding carboxylic acids is 1. The minimum absolute atomic E-state index is 0.136. The molecule has 160 valence electrons. The number of amides is 1. The molecule has 4 heterocycles. The van der Waals surface area contributed by atoms with E-state index in [1.165, 1.54) is 0 Å². The van der Waals surface area contributed by atoms with Gasteiger partial charge in [0, 0.05) is 31.7 Å². The van der Waals surface area contributed by atoms with E-state index in [1.807, 2.05) is 41.4 Å². The Labute approximate surface area is 185 Å². The number of aromatic nitrogens is 6. The molecule has 0 bridgehead atoms. The van der Waals surface area contributed by atoms with E-state index < -0.39 is 0 Å². The van der Waals surface area contributed by atoms with Gasteiger partial charge in [-0.05, 0) is 36.8 Å². The summed E-state index contributed by atoms with van der Waals surface area (Å²) in [7, 11) is 0. The van der Waals surface area contributed by atoms with Gasteiger partial charge in [0.1, 0.15) is 0 Å². The van der Waals surface area contributed by atoms with Crippen LogP contribution in [0.3, 0.4) is 0 Å². The number of unbranched alkanes of at least 4 members (excludes halogenated alkanes) is 1. The van der Waals surface area contributed by atoms with Crippen LogP contribution in [0.25, 0.3) is 16.5 Å². The monoisotopic (exact) mass is 435 g/mol. The number of aryl methyl sites for hydroxylation is 1. The number of imidazole rings is 1. The number of nitrogens with zero attached hydrogens (tertiary/aromatic N) is 6. The number of nitrogens with one attached hydrogen (secondary N) is 1. The van der Waals surface area contributed by atoms with Crippen molar-refractivity contribution in [1.82, 2.24) is 34.6 Å². The molecule has 0 fully saturated rings. The number of thiophene rings is 1. The van der Waals surface area contributed by atoms with Crippen LogP contribution in [0.4, 0.5) is 0 Å². The summed E-state index contributed by atoms with van der Waals surface area (Å²) in [6.07, 6.45) is 11.5. The first-order valence-corrected chi connectivity index (χ1v) is 11.2. The van der Waals surface area contributed by atoms with Crippen molar-refractivity contribution in [2.45, 2.75) is 39.7 Å². The van der Waals surface area contributed by atoms with Crippen LogP contribution in [0.5, 0.6) is 0 Å². The second kappa shape index (κ2) is 9.65. The van der Waals surface area contributed by atoms with Gasteiger partial charge in [-0.15, -0.1) is 11.3 Å². The van der Waals surface area contributed by atoms with Crippen LogP contribution in [0, 0.1) is 6.92 Å². The zero-order valence-electron chi connectivity index (χ0n) is 17.7. The molecule has 0 radical (unpaired) electrons. The fourth-order valence-electron chi connectivity index (χ4n) is 3.33. The van der Waals surface area contributed by atoms with Gasteiger partial charge < -0.3 is 9.88 Å². The summed E-state index contributed by atoms with van der Waals surface area (Å²) in [4.78, 5) is 27.3. The summed E-state index contributed by atoms with van der Waals surface area (Å²) in [5.41, 5.74) is 3.30. The van der Waals surface area contributed by atoms with Gasteiger partial charge in [-0.25, -0.2) is 19.6 Å². The first-order valence-electron chi connectivity index (χ1n) is 10.4. The van der Waals surface area contributed by atoms with E-state index in [9.17, 15) is 4.79 Å². The van der Waals surface area contributed by atoms with E-state index in [4.69, 9.17) is 4.98 Å². The minimum atomic E-state index is -0.136. The van der Waals surface area contributed by atoms with E-state index in [2.05, 4.69) is 27.3 Å². The maximum Gasteiger partial charge on any atom is 0.254 e. The highest BCUT2D eigenvalue weighted by Crippen LogP contribution is 2.26. The molecule has 1 amide bonds. The lowest BCUT2D eigenvalue weighted by Crippen LogP contribution is -2.27. The second-order valence-electron chi connectivity index (χ2n) is 7.26. The summed E-state index contributed by atoms with van der Waals surface area (Å²) < 4.78 is 3.63. The van der Waals surface area contributed by atoms with Crippen molar-refractivity contribution in [3.63, 3.8) is 0 Å². The molecular weight excluding hydrogens is 410 g/mol. The molecule has 31 heavy (non-hydrogen) atoms. The lowest BCUT2D eigenvalue weighted by Gasteiger charge is -2.11. The molecule has 0 saturated carbocycles. The molecule has 0 aromatic carbocycles. The summed E-state index contributed by atoms with van der Waals surface area (Å²) in [6.45, 7) is 5.30. The normalized spacial score (nSPS) is 11.0. The Hall–Kier alpha value is -3.33. The van der Waals surface area contributed by atoms with Gasteiger partial charge in [0.25, 0.3) is 11.9 Å². The van der Waals surface area contributed by atoms with Crippen LogP contribution in [0.2, 0.25) is 0 Å². The maximum absolute atomic E-state index is 12.9. The molecule has 9 heteroatoms. The molecule has 0 aliphatic carbocycles. The van der Waals surface area contributed by atoms with Gasteiger partial charge in [0.15, 0.2) is 0 Å². The lowest BCUT2D eigenvalue weighted by molar-refractivity contribution is 0.0951. The standard InChI is InChI=1S/C22H25N7OS/c1-3-4-6-18-17(21(30)24-9-11-28-10-8-23-15-28)14-26-29(18)22-25-13-16(2)20(27-22)19-7-5-12-31-19/h5,7-8,10,12-15H,3-4,6,9,11H2,1-2H3,(H,24,30). The largest absolute Gasteiger partial charge is 0.350 e. The summed E-state index contributed by atoms with van der Waals surface area (Å²) in [6, 6.07) is 4.05. The summed E-state index contributed by atoms with van der Waals surface area (Å²) >= 11 is 1.64. The Balaban J connectivity index is 1.60. The summed E-state index contributed by atoms with van der Waals surface area (Å²) in [5, 5.41) is 9.50. The molecule has 0 spiro atoms. The quantitative estimate of drug-likeness (QED) is 0.433. The molecule has 4 rings (SSSR count). The molecular formula is C22H25N7OS. The number of carbonyl (C=O) groups is 1. The fourth-order valence-corrected chi connectivity index (χ4v) is 4.11. The van der Waals surface area contributed by atoms with Crippen molar-refractivity contribution in [3.8, 4) is 16.5 Å². The molecule has 4 aromatic heterocycles. The summed E-state index contributed by atoms with van der Waals surface area (Å²) in [5.74, 6) is 0.348. The molecule has 0 saturated heterocycles. The zero-order chi connectivity index (χ0) is 21.6. The predicted octanol–water partition coefficient (Wildman–Crippen LogP) is 3.67. The molecule has 4 aromatic rings. The molecule has 8 nitrogen and oxygen atoms in total. The number of hydrogen-bond donors (Lipinski definition) is 1. The zero-order valence-corrected chi connectivity index (χ0v) is 18.5. The van der Waals surface area contributed by atoms with Crippen molar-refractivity contribution < 1.29 is 4.79 Å². The van der Waals surface area contributed by atoms with Gasteiger partial charge in [0.2, 0.25) is 0 Å². The van der Waals surface area contributed by atoms with Gasteiger partial charge >= 0.3 is 0 Å². The second-order valence-corrected chi connectivity index (χ2v) is 8.20. The topological polar surface area (TPSA) is 90.5 Å². The Morgan fingerprint density at radius 3 is 2.94 bits per heavy atom. The van der Waals surface area contributed by atoms with Gasteiger partial charge in [-0.3, -0.25) is 4.79 Å². The Bertz CT molecular complexity index is 1130. The maximum atomic E-state index is 12.9. The van der Waals surface area contributed by atoms with Crippen LogP contribution in [0.15, 0.2) is 48.6 Å². The van der Waals surface area contributed by atoms with Crippen molar-refractivity contribution in [3.05, 3.63) is 65.4 Å². The van der Waals surface area contributed by atoms with Crippen LogP contribution >= 0.6 is 11.3 Å². The SMILES string of the molecule is CCCCc1c(C(=O)NCCn2ccnc2)cnn1-c1ncc(C)c(-c2cccs2)n1. The van der Waals surface area contributed by atoms with Gasteiger partial charge in [-0.1, -0.05) is 19.4 Å². The van der Waals surface area contributed by atoms with Crippen molar-refractivity contribution in [1.29, 1.82) is 0 Å². The Kier molecular flexibility index (Phi) is 6.51. The van der Waals surface area contributed by atoms with E-state index in [0.29, 0.717) is 24.6 Å². The van der Waals surface area contributed by atoms with E-state index >= 15 is 0 Å². The van der Waals surface area contributed by atoms with Crippen LogP contribution in [-0.4, -0.2) is 41.8 Å². The number of rotatable bonds is 9. The number of hydrogen-bond acceptors (Lipinski definition) is 6. The van der Waals surface area contributed by atoms with Crippen molar-refractivity contribution in [2.24, 2.45) is 0 Å². The lowest BCUT2D eigenvalue weighted by atomic mass is 10.1. The highest BCUT2D eigenvalue weighted by molar-refractivity contribution is 7.13. The minimum Gasteiger partial charge on any atom is -0.350 e. The van der Waals surface area contributed by atoms with E-state index in [-0.39, 0.29) is 5.91 Å². The fraction of sp³-hybridized carbons (Fsp3) is 0.318. The molecule has 1 N–H and O–H groups in total. The average molecular weight is 436 g/mol. The highest BCUT2D eigenvalue weighted by atomic mass is 32.1. The van der Waals surface area contributed by atoms with Gasteiger partial charge in [-0.2, -0.15) is 5.10 Å². The first kappa shape index (κ1) is 20.9. The third-order valence-corrected chi connectivity index (χ3v) is 5.87. The molecule has 0 aliphatic rings. The Morgan fingerprint density at radius 1 is 1.29 bits per heavy atom. The predicted molar refractivity (Wildman–Crippen MR) is 120 cm³/mol. The van der Waals surface area contributed by atoms with Crippen LogP contribution in [0.1, 0.15) is 41.4 Å². The first-order chi connectivity index (χ1) is 15.2. The molecule has 0 aliphatic heterocycles. The van der Waals surface area contributed by atoms with Crippen molar-refractivity contribution >= 4 is 17.2 Å². The Morgan fingerprint density at radius 2 is 2.19 bits per heavy atom.